The number of carbonyl (C=O) groups excluding carboxylic acids is 1. The zero-order valence-electron chi connectivity index (χ0n) is 17.4. The summed E-state index contributed by atoms with van der Waals surface area (Å²) in [5.74, 6) is 2.18. The van der Waals surface area contributed by atoms with Gasteiger partial charge in [-0.25, -0.2) is 9.97 Å². The molecule has 2 aromatic carbocycles. The number of nitrogens with zero attached hydrogens (tertiary/aromatic N) is 2. The van der Waals surface area contributed by atoms with Gasteiger partial charge in [-0.2, -0.15) is 0 Å². The molecule has 0 saturated heterocycles. The molecule has 0 unspecified atom stereocenters. The van der Waals surface area contributed by atoms with E-state index in [1.54, 1.807) is 43.8 Å². The highest BCUT2D eigenvalue weighted by atomic mass is 16.5. The third-order valence-electron chi connectivity index (χ3n) is 5.21. The number of carbonyl (C=O) groups is 1. The minimum atomic E-state index is -0.0776. The fourth-order valence-electron chi connectivity index (χ4n) is 3.58. The molecule has 1 aliphatic rings. The van der Waals surface area contributed by atoms with Crippen molar-refractivity contribution in [3.05, 3.63) is 72.6 Å². The smallest absolute Gasteiger partial charge is 0.278 e. The van der Waals surface area contributed by atoms with Crippen LogP contribution in [-0.2, 0) is 0 Å². The SMILES string of the molecule is COc1nccnc1OC1CCC(NC(=O)c2ccc(Oc3ccccc3)cc2)CC1. The van der Waals surface area contributed by atoms with Crippen molar-refractivity contribution in [2.45, 2.75) is 37.8 Å². The number of benzene rings is 2. The molecular formula is C24H25N3O4. The van der Waals surface area contributed by atoms with Crippen molar-refractivity contribution in [2.75, 3.05) is 7.11 Å². The molecule has 1 saturated carbocycles. The summed E-state index contributed by atoms with van der Waals surface area (Å²) in [6.07, 6.45) is 6.53. The lowest BCUT2D eigenvalue weighted by Crippen LogP contribution is -2.39. The van der Waals surface area contributed by atoms with Gasteiger partial charge in [0.05, 0.1) is 7.11 Å². The second-order valence-corrected chi connectivity index (χ2v) is 7.38. The van der Waals surface area contributed by atoms with E-state index in [-0.39, 0.29) is 18.1 Å². The van der Waals surface area contributed by atoms with Gasteiger partial charge in [0.25, 0.3) is 17.7 Å². The van der Waals surface area contributed by atoms with Crippen LogP contribution in [0.4, 0.5) is 0 Å². The Balaban J connectivity index is 1.26. The summed E-state index contributed by atoms with van der Waals surface area (Å²) in [6, 6.07) is 16.8. The summed E-state index contributed by atoms with van der Waals surface area (Å²) < 4.78 is 16.9. The molecule has 160 valence electrons. The Labute approximate surface area is 181 Å². The zero-order valence-corrected chi connectivity index (χ0v) is 17.4. The standard InChI is InChI=1S/C24H25N3O4/c1-29-23-24(26-16-15-25-23)31-21-13-9-18(10-14-21)27-22(28)17-7-11-20(12-8-17)30-19-5-3-2-4-6-19/h2-8,11-12,15-16,18,21H,9-10,13-14H2,1H3,(H,27,28). The molecule has 1 aliphatic carbocycles. The van der Waals surface area contributed by atoms with Crippen LogP contribution in [0.1, 0.15) is 36.0 Å². The molecule has 7 nitrogen and oxygen atoms in total. The maximum atomic E-state index is 12.6. The van der Waals surface area contributed by atoms with E-state index in [1.807, 2.05) is 30.3 Å². The average molecular weight is 419 g/mol. The van der Waals surface area contributed by atoms with E-state index in [1.165, 1.54) is 0 Å². The minimum Gasteiger partial charge on any atom is -0.477 e. The van der Waals surface area contributed by atoms with Crippen LogP contribution < -0.4 is 19.5 Å². The molecule has 1 fully saturated rings. The van der Waals surface area contributed by atoms with E-state index in [0.29, 0.717) is 23.1 Å². The maximum absolute atomic E-state index is 12.6. The Morgan fingerprint density at radius 3 is 2.19 bits per heavy atom. The summed E-state index contributed by atoms with van der Waals surface area (Å²) in [4.78, 5) is 20.9. The van der Waals surface area contributed by atoms with Crippen molar-refractivity contribution in [2.24, 2.45) is 0 Å². The van der Waals surface area contributed by atoms with Crippen LogP contribution in [0, 0.1) is 0 Å². The molecule has 1 amide bonds. The average Bonchev–Trinajstić information content (AvgIpc) is 2.82. The predicted octanol–water partition coefficient (Wildman–Crippen LogP) is 4.40. The van der Waals surface area contributed by atoms with E-state index in [9.17, 15) is 4.79 Å². The number of hydrogen-bond donors (Lipinski definition) is 1. The number of nitrogens with one attached hydrogen (secondary N) is 1. The molecule has 0 atom stereocenters. The summed E-state index contributed by atoms with van der Waals surface area (Å²) in [6.45, 7) is 0. The van der Waals surface area contributed by atoms with E-state index in [2.05, 4.69) is 15.3 Å². The van der Waals surface area contributed by atoms with E-state index >= 15 is 0 Å². The van der Waals surface area contributed by atoms with Crippen molar-refractivity contribution >= 4 is 5.91 Å². The van der Waals surface area contributed by atoms with Crippen LogP contribution in [0.25, 0.3) is 0 Å². The highest BCUT2D eigenvalue weighted by Crippen LogP contribution is 2.27. The van der Waals surface area contributed by atoms with Crippen molar-refractivity contribution in [3.63, 3.8) is 0 Å². The molecule has 0 aliphatic heterocycles. The summed E-state index contributed by atoms with van der Waals surface area (Å²) in [5.41, 5.74) is 0.614. The molecule has 0 radical (unpaired) electrons. The van der Waals surface area contributed by atoms with Crippen LogP contribution in [0.15, 0.2) is 67.0 Å². The number of methoxy groups -OCH3 is 1. The normalized spacial score (nSPS) is 18.1. The number of hydrogen-bond acceptors (Lipinski definition) is 6. The quantitative estimate of drug-likeness (QED) is 0.611. The van der Waals surface area contributed by atoms with Crippen LogP contribution in [0.2, 0.25) is 0 Å². The van der Waals surface area contributed by atoms with Gasteiger partial charge < -0.3 is 19.5 Å². The Kier molecular flexibility index (Phi) is 6.62. The number of para-hydroxylation sites is 1. The third-order valence-corrected chi connectivity index (χ3v) is 5.21. The molecule has 0 spiro atoms. The molecule has 1 aromatic heterocycles. The third kappa shape index (κ3) is 5.51. The topological polar surface area (TPSA) is 82.6 Å². The Morgan fingerprint density at radius 1 is 0.871 bits per heavy atom. The number of amides is 1. The van der Waals surface area contributed by atoms with Gasteiger partial charge in [-0.15, -0.1) is 0 Å². The van der Waals surface area contributed by atoms with E-state index in [0.717, 1.165) is 31.4 Å². The summed E-state index contributed by atoms with van der Waals surface area (Å²) in [5, 5.41) is 3.12. The molecule has 1 heterocycles. The number of rotatable bonds is 7. The van der Waals surface area contributed by atoms with Gasteiger partial charge in [-0.3, -0.25) is 4.79 Å². The lowest BCUT2D eigenvalue weighted by atomic mass is 9.92. The molecule has 4 rings (SSSR count). The van der Waals surface area contributed by atoms with Gasteiger partial charge in [0.2, 0.25) is 0 Å². The monoisotopic (exact) mass is 419 g/mol. The molecule has 0 bridgehead atoms. The Hall–Kier alpha value is -3.61. The first-order valence-electron chi connectivity index (χ1n) is 10.4. The van der Waals surface area contributed by atoms with Gasteiger partial charge >= 0.3 is 0 Å². The fraction of sp³-hybridized carbons (Fsp3) is 0.292. The van der Waals surface area contributed by atoms with Crippen molar-refractivity contribution in [3.8, 4) is 23.3 Å². The second kappa shape index (κ2) is 9.93. The van der Waals surface area contributed by atoms with Crippen molar-refractivity contribution < 1.29 is 19.0 Å². The van der Waals surface area contributed by atoms with Crippen LogP contribution in [0.5, 0.6) is 23.3 Å². The highest BCUT2D eigenvalue weighted by Gasteiger charge is 2.25. The molecule has 3 aromatic rings. The van der Waals surface area contributed by atoms with Gasteiger partial charge in [0.15, 0.2) is 0 Å². The first-order chi connectivity index (χ1) is 15.2. The van der Waals surface area contributed by atoms with Gasteiger partial charge in [0.1, 0.15) is 17.6 Å². The predicted molar refractivity (Wildman–Crippen MR) is 116 cm³/mol. The van der Waals surface area contributed by atoms with Crippen molar-refractivity contribution in [1.29, 1.82) is 0 Å². The van der Waals surface area contributed by atoms with Crippen LogP contribution in [0.3, 0.4) is 0 Å². The van der Waals surface area contributed by atoms with Gasteiger partial charge in [0, 0.05) is 24.0 Å². The first-order valence-corrected chi connectivity index (χ1v) is 10.4. The van der Waals surface area contributed by atoms with Crippen molar-refractivity contribution in [1.82, 2.24) is 15.3 Å². The zero-order chi connectivity index (χ0) is 21.5. The summed E-state index contributed by atoms with van der Waals surface area (Å²) >= 11 is 0. The van der Waals surface area contributed by atoms with E-state index in [4.69, 9.17) is 14.2 Å². The maximum Gasteiger partial charge on any atom is 0.278 e. The summed E-state index contributed by atoms with van der Waals surface area (Å²) in [7, 11) is 1.55. The molecule has 7 heteroatoms. The Bertz CT molecular complexity index is 987. The second-order valence-electron chi connectivity index (χ2n) is 7.38. The van der Waals surface area contributed by atoms with Gasteiger partial charge in [-0.1, -0.05) is 18.2 Å². The number of ether oxygens (including phenoxy) is 3. The van der Waals surface area contributed by atoms with Crippen LogP contribution in [-0.4, -0.2) is 35.1 Å². The molecule has 1 N–H and O–H groups in total. The minimum absolute atomic E-state index is 0.0353. The largest absolute Gasteiger partial charge is 0.477 e. The Morgan fingerprint density at radius 2 is 1.52 bits per heavy atom. The first kappa shape index (κ1) is 20.7. The lowest BCUT2D eigenvalue weighted by molar-refractivity contribution is 0.0886. The molecule has 31 heavy (non-hydrogen) atoms. The number of aromatic nitrogens is 2. The molecular weight excluding hydrogens is 394 g/mol. The highest BCUT2D eigenvalue weighted by molar-refractivity contribution is 5.94. The van der Waals surface area contributed by atoms with E-state index < -0.39 is 0 Å². The fourth-order valence-corrected chi connectivity index (χ4v) is 3.58. The lowest BCUT2D eigenvalue weighted by Gasteiger charge is -2.29. The van der Waals surface area contributed by atoms with Crippen LogP contribution >= 0.6 is 0 Å². The van der Waals surface area contributed by atoms with Gasteiger partial charge in [-0.05, 0) is 62.1 Å².